The molecule has 0 aromatic carbocycles. The molecule has 0 aromatic heterocycles. The highest BCUT2D eigenvalue weighted by atomic mass is 127. The van der Waals surface area contributed by atoms with E-state index >= 15 is 0 Å². The zero-order valence-electron chi connectivity index (χ0n) is 8.38. The molecule has 4 heteroatoms. The van der Waals surface area contributed by atoms with Crippen LogP contribution in [0.4, 0.5) is 0 Å². The smallest absolute Gasteiger partial charge is 0.124 e. The molecule has 0 atom stereocenters. The minimum Gasteiger partial charge on any atom is -1.00 e. The molecular formula is C9H18INOS. The molecule has 2 nitrogen and oxygen atoms in total. The highest BCUT2D eigenvalue weighted by Crippen LogP contribution is 2.42. The van der Waals surface area contributed by atoms with Crippen molar-refractivity contribution in [2.45, 2.75) is 17.8 Å². The summed E-state index contributed by atoms with van der Waals surface area (Å²) in [7, 11) is 4.62. The first kappa shape index (κ1) is 12.1. The fourth-order valence-corrected chi connectivity index (χ4v) is 3.15. The van der Waals surface area contributed by atoms with E-state index < -0.39 is 0 Å². The molecule has 0 aliphatic carbocycles. The van der Waals surface area contributed by atoms with Gasteiger partial charge in [0, 0.05) is 18.6 Å². The van der Waals surface area contributed by atoms with Gasteiger partial charge in [-0.1, -0.05) is 0 Å². The van der Waals surface area contributed by atoms with Crippen LogP contribution in [-0.4, -0.2) is 49.0 Å². The molecule has 1 spiro atoms. The Morgan fingerprint density at radius 1 is 1.23 bits per heavy atom. The van der Waals surface area contributed by atoms with Gasteiger partial charge in [0.25, 0.3) is 0 Å². The largest absolute Gasteiger partial charge is 1.00 e. The summed E-state index contributed by atoms with van der Waals surface area (Å²) in [5.74, 6) is 1.20. The zero-order valence-corrected chi connectivity index (χ0v) is 11.4. The third kappa shape index (κ3) is 2.73. The SMILES string of the molecule is C[N+]1(C)CCC2(CC1)OCCS2.[I-]. The van der Waals surface area contributed by atoms with Crippen LogP contribution in [0.15, 0.2) is 0 Å². The fraction of sp³-hybridized carbons (Fsp3) is 1.00. The van der Waals surface area contributed by atoms with Crippen molar-refractivity contribution >= 4 is 11.8 Å². The maximum Gasteiger partial charge on any atom is 0.124 e. The first-order valence-electron chi connectivity index (χ1n) is 4.72. The average molecular weight is 315 g/mol. The van der Waals surface area contributed by atoms with Gasteiger partial charge in [0.05, 0.1) is 33.8 Å². The van der Waals surface area contributed by atoms with Crippen LogP contribution >= 0.6 is 11.8 Å². The second-order valence-electron chi connectivity index (χ2n) is 4.49. The predicted molar refractivity (Wildman–Crippen MR) is 52.2 cm³/mol. The molecule has 2 saturated heterocycles. The maximum atomic E-state index is 5.83. The van der Waals surface area contributed by atoms with E-state index in [9.17, 15) is 0 Å². The van der Waals surface area contributed by atoms with Crippen molar-refractivity contribution in [1.82, 2.24) is 0 Å². The van der Waals surface area contributed by atoms with Crippen LogP contribution < -0.4 is 24.0 Å². The van der Waals surface area contributed by atoms with E-state index in [1.807, 2.05) is 11.8 Å². The van der Waals surface area contributed by atoms with E-state index in [-0.39, 0.29) is 28.9 Å². The van der Waals surface area contributed by atoms with Crippen molar-refractivity contribution in [3.63, 3.8) is 0 Å². The molecule has 0 N–H and O–H groups in total. The molecule has 78 valence electrons. The minimum atomic E-state index is 0. The van der Waals surface area contributed by atoms with E-state index in [0.717, 1.165) is 6.61 Å². The summed E-state index contributed by atoms with van der Waals surface area (Å²) in [5, 5.41) is 0. The van der Waals surface area contributed by atoms with Gasteiger partial charge in [0.15, 0.2) is 0 Å². The topological polar surface area (TPSA) is 9.23 Å². The van der Waals surface area contributed by atoms with E-state index in [4.69, 9.17) is 4.74 Å². The van der Waals surface area contributed by atoms with Crippen LogP contribution in [0.5, 0.6) is 0 Å². The summed E-state index contributed by atoms with van der Waals surface area (Å²) >= 11 is 2.03. The predicted octanol–water partition coefficient (Wildman–Crippen LogP) is -1.68. The Bertz CT molecular complexity index is 168. The van der Waals surface area contributed by atoms with E-state index in [2.05, 4.69) is 14.1 Å². The molecular weight excluding hydrogens is 297 g/mol. The maximum absolute atomic E-state index is 5.83. The van der Waals surface area contributed by atoms with Crippen LogP contribution in [-0.2, 0) is 4.74 Å². The van der Waals surface area contributed by atoms with Crippen molar-refractivity contribution in [2.75, 3.05) is 39.5 Å². The lowest BCUT2D eigenvalue weighted by Gasteiger charge is -2.41. The summed E-state index contributed by atoms with van der Waals surface area (Å²) in [5.41, 5.74) is 0. The third-order valence-corrected chi connectivity index (χ3v) is 4.43. The number of likely N-dealkylation sites (tertiary alicyclic amines) is 1. The van der Waals surface area contributed by atoms with Gasteiger partial charge in [-0.05, 0) is 0 Å². The number of halogens is 1. The van der Waals surface area contributed by atoms with Crippen LogP contribution in [0.2, 0.25) is 0 Å². The van der Waals surface area contributed by atoms with Crippen LogP contribution in [0.25, 0.3) is 0 Å². The number of rotatable bonds is 0. The molecule has 0 amide bonds. The van der Waals surface area contributed by atoms with Gasteiger partial charge in [0.2, 0.25) is 0 Å². The normalized spacial score (nSPS) is 30.0. The van der Waals surface area contributed by atoms with E-state index in [1.54, 1.807) is 0 Å². The molecule has 0 unspecified atom stereocenters. The first-order valence-corrected chi connectivity index (χ1v) is 5.71. The Kier molecular flexibility index (Phi) is 3.94. The van der Waals surface area contributed by atoms with Crippen molar-refractivity contribution in [3.8, 4) is 0 Å². The number of quaternary nitrogens is 1. The highest BCUT2D eigenvalue weighted by molar-refractivity contribution is 8.00. The summed E-state index contributed by atoms with van der Waals surface area (Å²) in [4.78, 5) is 0.230. The molecule has 2 fully saturated rings. The Hall–Kier alpha value is 1.00. The van der Waals surface area contributed by atoms with Gasteiger partial charge in [-0.25, -0.2) is 0 Å². The van der Waals surface area contributed by atoms with Gasteiger partial charge in [0.1, 0.15) is 4.93 Å². The number of hydrogen-bond acceptors (Lipinski definition) is 2. The second kappa shape index (κ2) is 4.24. The molecule has 2 heterocycles. The van der Waals surface area contributed by atoms with E-state index in [0.29, 0.717) is 0 Å². The number of ether oxygens (including phenoxy) is 1. The van der Waals surface area contributed by atoms with Gasteiger partial charge in [-0.3, -0.25) is 0 Å². The lowest BCUT2D eigenvalue weighted by molar-refractivity contribution is -0.896. The third-order valence-electron chi connectivity index (χ3n) is 3.01. The number of piperidine rings is 1. The number of nitrogens with zero attached hydrogens (tertiary/aromatic N) is 1. The van der Waals surface area contributed by atoms with Crippen molar-refractivity contribution < 1.29 is 33.2 Å². The quantitative estimate of drug-likeness (QED) is 0.390. The zero-order chi connectivity index (χ0) is 8.66. The summed E-state index contributed by atoms with van der Waals surface area (Å²) < 4.78 is 7.00. The van der Waals surface area contributed by atoms with Crippen LogP contribution in [0.1, 0.15) is 12.8 Å². The Balaban J connectivity index is 0.000000845. The molecule has 0 aromatic rings. The van der Waals surface area contributed by atoms with E-state index in [1.165, 1.54) is 36.2 Å². The summed E-state index contributed by atoms with van der Waals surface area (Å²) in [6.45, 7) is 3.51. The van der Waals surface area contributed by atoms with Gasteiger partial charge >= 0.3 is 0 Å². The Labute approximate surface area is 102 Å². The first-order chi connectivity index (χ1) is 5.62. The van der Waals surface area contributed by atoms with Gasteiger partial charge in [-0.15, -0.1) is 11.8 Å². The molecule has 0 saturated carbocycles. The number of thioether (sulfide) groups is 1. The molecule has 2 rings (SSSR count). The average Bonchev–Trinajstić information content (AvgIpc) is 2.46. The molecule has 13 heavy (non-hydrogen) atoms. The minimum absolute atomic E-state index is 0. The highest BCUT2D eigenvalue weighted by Gasteiger charge is 2.42. The van der Waals surface area contributed by atoms with Crippen molar-refractivity contribution in [2.24, 2.45) is 0 Å². The Morgan fingerprint density at radius 3 is 2.31 bits per heavy atom. The van der Waals surface area contributed by atoms with Crippen molar-refractivity contribution in [1.29, 1.82) is 0 Å². The van der Waals surface area contributed by atoms with Crippen LogP contribution in [0.3, 0.4) is 0 Å². The number of hydrogen-bond donors (Lipinski definition) is 0. The summed E-state index contributed by atoms with van der Waals surface area (Å²) in [6, 6.07) is 0. The second-order valence-corrected chi connectivity index (χ2v) is 5.93. The van der Waals surface area contributed by atoms with Crippen LogP contribution in [0, 0.1) is 0 Å². The van der Waals surface area contributed by atoms with Crippen molar-refractivity contribution in [3.05, 3.63) is 0 Å². The Morgan fingerprint density at radius 2 is 1.85 bits per heavy atom. The fourth-order valence-electron chi connectivity index (χ4n) is 1.97. The molecule has 2 aliphatic rings. The molecule has 2 aliphatic heterocycles. The molecule has 0 radical (unpaired) electrons. The molecule has 0 bridgehead atoms. The lowest BCUT2D eigenvalue weighted by Crippen LogP contribution is -3.00. The van der Waals surface area contributed by atoms with Gasteiger partial charge < -0.3 is 33.2 Å². The monoisotopic (exact) mass is 315 g/mol. The van der Waals surface area contributed by atoms with Gasteiger partial charge in [-0.2, -0.15) is 0 Å². The lowest BCUT2D eigenvalue weighted by atomic mass is 10.1. The summed E-state index contributed by atoms with van der Waals surface area (Å²) in [6.07, 6.45) is 2.48. The standard InChI is InChI=1S/C9H18NOS.HI/c1-10(2)5-3-9(4-6-10)11-7-8-12-9;/h3-8H2,1-2H3;1H/q+1;/p-1.